The lowest BCUT2D eigenvalue weighted by atomic mass is 10.0. The normalized spacial score (nSPS) is 10.7. The van der Waals surface area contributed by atoms with E-state index in [1.165, 1.54) is 20.3 Å². The van der Waals surface area contributed by atoms with Crippen LogP contribution in [0, 0.1) is 6.92 Å². The second-order valence-electron chi connectivity index (χ2n) is 6.79. The summed E-state index contributed by atoms with van der Waals surface area (Å²) in [5, 5.41) is 1.05. The Morgan fingerprint density at radius 1 is 1.06 bits per heavy atom. The van der Waals surface area contributed by atoms with Crippen LogP contribution in [-0.4, -0.2) is 32.6 Å². The number of ketones is 1. The van der Waals surface area contributed by atoms with Crippen LogP contribution in [-0.2, 0) is 16.0 Å². The molecule has 0 atom stereocenters. The van der Waals surface area contributed by atoms with Gasteiger partial charge in [0.05, 0.1) is 19.2 Å². The lowest BCUT2D eigenvalue weighted by molar-refractivity contribution is -0.142. The number of hydrogen-bond acceptors (Lipinski definition) is 7. The van der Waals surface area contributed by atoms with Gasteiger partial charge in [-0.05, 0) is 49.2 Å². The first-order chi connectivity index (χ1) is 14.8. The second-order valence-corrected chi connectivity index (χ2v) is 7.20. The van der Waals surface area contributed by atoms with Gasteiger partial charge >= 0.3 is 11.6 Å². The van der Waals surface area contributed by atoms with Crippen LogP contribution in [0.4, 0.5) is 0 Å². The Balaban J connectivity index is 1.63. The maximum atomic E-state index is 12.4. The Bertz CT molecular complexity index is 1200. The quantitative estimate of drug-likeness (QED) is 0.293. The van der Waals surface area contributed by atoms with Crippen molar-refractivity contribution in [2.45, 2.75) is 19.8 Å². The summed E-state index contributed by atoms with van der Waals surface area (Å²) < 4.78 is 20.6. The van der Waals surface area contributed by atoms with Gasteiger partial charge in [0, 0.05) is 29.0 Å². The third-order valence-corrected chi connectivity index (χ3v) is 5.21. The van der Waals surface area contributed by atoms with Crippen LogP contribution in [0.1, 0.15) is 27.9 Å². The fourth-order valence-electron chi connectivity index (χ4n) is 3.16. The minimum atomic E-state index is -0.596. The van der Waals surface area contributed by atoms with Crippen LogP contribution in [0.5, 0.6) is 11.5 Å². The Hall–Kier alpha value is -3.32. The van der Waals surface area contributed by atoms with E-state index in [1.807, 2.05) is 0 Å². The highest BCUT2D eigenvalue weighted by molar-refractivity contribution is 6.32. The van der Waals surface area contributed by atoms with Crippen LogP contribution < -0.4 is 15.1 Å². The number of esters is 1. The van der Waals surface area contributed by atoms with Gasteiger partial charge in [-0.1, -0.05) is 11.6 Å². The fraction of sp³-hybridized carbons (Fsp3) is 0.261. The number of rotatable bonds is 8. The number of hydrogen-bond donors (Lipinski definition) is 0. The molecule has 31 heavy (non-hydrogen) atoms. The number of carbonyl (C=O) groups is 2. The standard InChI is InChI=1S/C23H21ClO7/c1-13-16-6-5-15(28-2)11-21(16)31-23(27)17(13)7-9-22(26)30-12-19(25)14-4-8-20(29-3)18(24)10-14/h4-6,8,10-11H,7,9,12H2,1-3H3. The van der Waals surface area contributed by atoms with E-state index in [-0.39, 0.29) is 17.9 Å². The van der Waals surface area contributed by atoms with Crippen molar-refractivity contribution in [1.29, 1.82) is 0 Å². The number of fused-ring (bicyclic) bond motifs is 1. The third-order valence-electron chi connectivity index (χ3n) is 4.91. The van der Waals surface area contributed by atoms with Gasteiger partial charge in [0.25, 0.3) is 0 Å². The third kappa shape index (κ3) is 5.06. The molecule has 0 aliphatic carbocycles. The molecule has 0 aliphatic rings. The highest BCUT2D eigenvalue weighted by Gasteiger charge is 2.16. The van der Waals surface area contributed by atoms with Crippen molar-refractivity contribution in [2.75, 3.05) is 20.8 Å². The first-order valence-electron chi connectivity index (χ1n) is 9.46. The molecule has 0 saturated heterocycles. The fourth-order valence-corrected chi connectivity index (χ4v) is 3.42. The summed E-state index contributed by atoms with van der Waals surface area (Å²) in [6.07, 6.45) is 0.0709. The topological polar surface area (TPSA) is 92.0 Å². The number of carbonyl (C=O) groups excluding carboxylic acids is 2. The van der Waals surface area contributed by atoms with Crippen molar-refractivity contribution in [3.63, 3.8) is 0 Å². The molecule has 8 heteroatoms. The first-order valence-corrected chi connectivity index (χ1v) is 9.84. The van der Waals surface area contributed by atoms with Crippen LogP contribution in [0.15, 0.2) is 45.6 Å². The van der Waals surface area contributed by atoms with Crippen LogP contribution in [0.25, 0.3) is 11.0 Å². The molecule has 0 N–H and O–H groups in total. The van der Waals surface area contributed by atoms with Gasteiger partial charge in [0.2, 0.25) is 0 Å². The summed E-state index contributed by atoms with van der Waals surface area (Å²) in [6, 6.07) is 9.76. The average molecular weight is 445 g/mol. The summed E-state index contributed by atoms with van der Waals surface area (Å²) in [5.41, 5.74) is 1.32. The summed E-state index contributed by atoms with van der Waals surface area (Å²) >= 11 is 6.01. The molecular weight excluding hydrogens is 424 g/mol. The Morgan fingerprint density at radius 2 is 1.84 bits per heavy atom. The van der Waals surface area contributed by atoms with Gasteiger partial charge in [0.1, 0.15) is 17.1 Å². The molecule has 7 nitrogen and oxygen atoms in total. The second kappa shape index (κ2) is 9.66. The number of Topliss-reactive ketones (excluding diaryl/α,β-unsaturated/α-hetero) is 1. The lowest BCUT2D eigenvalue weighted by Crippen LogP contribution is -2.17. The van der Waals surface area contributed by atoms with Crippen LogP contribution in [0.2, 0.25) is 5.02 Å². The molecule has 0 radical (unpaired) electrons. The van der Waals surface area contributed by atoms with Gasteiger partial charge in [-0.15, -0.1) is 0 Å². The number of ether oxygens (including phenoxy) is 3. The zero-order valence-electron chi connectivity index (χ0n) is 17.3. The van der Waals surface area contributed by atoms with E-state index in [2.05, 4.69) is 0 Å². The summed E-state index contributed by atoms with van der Waals surface area (Å²) in [4.78, 5) is 36.7. The molecule has 0 aliphatic heterocycles. The molecule has 2 aromatic carbocycles. The van der Waals surface area contributed by atoms with Gasteiger partial charge < -0.3 is 18.6 Å². The molecular formula is C23H21ClO7. The maximum Gasteiger partial charge on any atom is 0.339 e. The SMILES string of the molecule is COc1ccc2c(C)c(CCC(=O)OCC(=O)c3ccc(OC)c(Cl)c3)c(=O)oc2c1. The van der Waals surface area contributed by atoms with Crippen molar-refractivity contribution in [2.24, 2.45) is 0 Å². The van der Waals surface area contributed by atoms with Crippen LogP contribution >= 0.6 is 11.6 Å². The summed E-state index contributed by atoms with van der Waals surface area (Å²) in [5.74, 6) is 0.0299. The van der Waals surface area contributed by atoms with Gasteiger partial charge in [0.15, 0.2) is 12.4 Å². The molecule has 1 heterocycles. The van der Waals surface area contributed by atoms with Gasteiger partial charge in [-0.2, -0.15) is 0 Å². The zero-order valence-corrected chi connectivity index (χ0v) is 18.1. The Labute approximate surface area is 183 Å². The monoisotopic (exact) mass is 444 g/mol. The van der Waals surface area contributed by atoms with Gasteiger partial charge in [-0.25, -0.2) is 4.79 Å². The maximum absolute atomic E-state index is 12.4. The molecule has 0 saturated carbocycles. The largest absolute Gasteiger partial charge is 0.497 e. The average Bonchev–Trinajstić information content (AvgIpc) is 2.76. The van der Waals surface area contributed by atoms with E-state index in [9.17, 15) is 14.4 Å². The molecule has 0 unspecified atom stereocenters. The number of halogens is 1. The van der Waals surface area contributed by atoms with E-state index >= 15 is 0 Å². The van der Waals surface area contributed by atoms with Crippen molar-refractivity contribution >= 4 is 34.3 Å². The van der Waals surface area contributed by atoms with E-state index in [1.54, 1.807) is 37.3 Å². The molecule has 1 aromatic heterocycles. The smallest absolute Gasteiger partial charge is 0.339 e. The highest BCUT2D eigenvalue weighted by atomic mass is 35.5. The zero-order chi connectivity index (χ0) is 22.5. The molecule has 0 amide bonds. The summed E-state index contributed by atoms with van der Waals surface area (Å²) in [7, 11) is 3.00. The molecule has 0 spiro atoms. The van der Waals surface area contributed by atoms with Crippen molar-refractivity contribution in [3.05, 3.63) is 68.5 Å². The van der Waals surface area contributed by atoms with Crippen molar-refractivity contribution in [1.82, 2.24) is 0 Å². The number of aryl methyl sites for hydroxylation is 1. The number of benzene rings is 2. The molecule has 162 valence electrons. The predicted octanol–water partition coefficient (Wildman–Crippen LogP) is 4.13. The molecule has 3 aromatic rings. The van der Waals surface area contributed by atoms with E-state index in [0.29, 0.717) is 28.2 Å². The molecule has 0 bridgehead atoms. The minimum Gasteiger partial charge on any atom is -0.497 e. The lowest BCUT2D eigenvalue weighted by Gasteiger charge is -2.09. The van der Waals surface area contributed by atoms with Gasteiger partial charge in [-0.3, -0.25) is 9.59 Å². The van der Waals surface area contributed by atoms with Crippen molar-refractivity contribution in [3.8, 4) is 11.5 Å². The van der Waals surface area contributed by atoms with Crippen LogP contribution in [0.3, 0.4) is 0 Å². The van der Waals surface area contributed by atoms with E-state index < -0.39 is 24.0 Å². The van der Waals surface area contributed by atoms with E-state index in [4.69, 9.17) is 30.2 Å². The van der Waals surface area contributed by atoms with Crippen molar-refractivity contribution < 1.29 is 28.2 Å². The highest BCUT2D eigenvalue weighted by Crippen LogP contribution is 2.26. The summed E-state index contributed by atoms with van der Waals surface area (Å²) in [6.45, 7) is 1.37. The number of methoxy groups -OCH3 is 2. The minimum absolute atomic E-state index is 0.0656. The van der Waals surface area contributed by atoms with E-state index in [0.717, 1.165) is 10.9 Å². The first kappa shape index (κ1) is 22.4. The molecule has 3 rings (SSSR count). The Kier molecular flexibility index (Phi) is 6.97. The predicted molar refractivity (Wildman–Crippen MR) is 115 cm³/mol. The Morgan fingerprint density at radius 3 is 2.52 bits per heavy atom. The molecule has 0 fully saturated rings.